The Bertz CT molecular complexity index is 818. The lowest BCUT2D eigenvalue weighted by atomic mass is 10.1. The summed E-state index contributed by atoms with van der Waals surface area (Å²) in [5, 5.41) is 9.97. The summed E-state index contributed by atoms with van der Waals surface area (Å²) in [6.45, 7) is 5.06. The van der Waals surface area contributed by atoms with Crippen LogP contribution >= 0.6 is 0 Å². The maximum absolute atomic E-state index is 8.81. The van der Waals surface area contributed by atoms with Gasteiger partial charge in [-0.15, -0.1) is 0 Å². The molecule has 0 fully saturated rings. The second kappa shape index (κ2) is 9.32. The van der Waals surface area contributed by atoms with Crippen LogP contribution in [0.4, 0.5) is 5.69 Å². The number of aliphatic hydroxyl groups is 1. The first-order valence-electron chi connectivity index (χ1n) is 9.21. The highest BCUT2D eigenvalue weighted by Gasteiger charge is 2.07. The first-order chi connectivity index (χ1) is 12.8. The van der Waals surface area contributed by atoms with E-state index in [0.29, 0.717) is 13.2 Å². The van der Waals surface area contributed by atoms with E-state index in [0.717, 1.165) is 41.7 Å². The van der Waals surface area contributed by atoms with E-state index < -0.39 is 0 Å². The average Bonchev–Trinajstić information content (AvgIpc) is 2.70. The molecule has 0 aliphatic rings. The minimum atomic E-state index is 0.0707. The van der Waals surface area contributed by atoms with E-state index in [1.54, 1.807) is 0 Å². The lowest BCUT2D eigenvalue weighted by Gasteiger charge is -2.24. The molecule has 0 bridgehead atoms. The minimum absolute atomic E-state index is 0.0707. The highest BCUT2D eigenvalue weighted by atomic mass is 16.5. The highest BCUT2D eigenvalue weighted by molar-refractivity contribution is 5.81. The number of nitrogens with zero attached hydrogens (tertiary/aromatic N) is 2. The number of benzene rings is 2. The predicted octanol–water partition coefficient (Wildman–Crippen LogP) is 4.13. The lowest BCUT2D eigenvalue weighted by molar-refractivity contribution is 0.0966. The molecule has 0 aliphatic heterocycles. The summed E-state index contributed by atoms with van der Waals surface area (Å²) in [6, 6.07) is 20.9. The Kier molecular flexibility index (Phi) is 6.58. The summed E-state index contributed by atoms with van der Waals surface area (Å²) in [5.41, 5.74) is 4.31. The molecule has 26 heavy (non-hydrogen) atoms. The third-order valence-electron chi connectivity index (χ3n) is 4.36. The zero-order valence-corrected chi connectivity index (χ0v) is 15.3. The summed E-state index contributed by atoms with van der Waals surface area (Å²) in [5.74, 6) is 0. The van der Waals surface area contributed by atoms with Crippen LogP contribution in [0.25, 0.3) is 22.2 Å². The average molecular weight is 350 g/mol. The van der Waals surface area contributed by atoms with Crippen molar-refractivity contribution in [2.75, 3.05) is 37.8 Å². The molecule has 4 heteroatoms. The lowest BCUT2D eigenvalue weighted by Crippen LogP contribution is -2.28. The molecule has 0 spiro atoms. The topological polar surface area (TPSA) is 45.6 Å². The third kappa shape index (κ3) is 4.59. The van der Waals surface area contributed by atoms with Gasteiger partial charge in [-0.25, -0.2) is 4.98 Å². The molecule has 3 aromatic rings. The summed E-state index contributed by atoms with van der Waals surface area (Å²) >= 11 is 0. The number of hydrogen-bond donors (Lipinski definition) is 1. The molecule has 2 aromatic carbocycles. The van der Waals surface area contributed by atoms with Crippen molar-refractivity contribution in [3.05, 3.63) is 60.7 Å². The maximum Gasteiger partial charge on any atom is 0.0709 e. The number of fused-ring (bicyclic) bond motifs is 1. The van der Waals surface area contributed by atoms with Gasteiger partial charge in [0.1, 0.15) is 0 Å². The van der Waals surface area contributed by atoms with E-state index >= 15 is 0 Å². The fraction of sp³-hybridized carbons (Fsp3) is 0.318. The van der Waals surface area contributed by atoms with Gasteiger partial charge in [-0.2, -0.15) is 0 Å². The van der Waals surface area contributed by atoms with Crippen LogP contribution in [0.5, 0.6) is 0 Å². The Balaban J connectivity index is 1.74. The van der Waals surface area contributed by atoms with Gasteiger partial charge in [-0.05, 0) is 30.7 Å². The Morgan fingerprint density at radius 2 is 1.73 bits per heavy atom. The summed E-state index contributed by atoms with van der Waals surface area (Å²) < 4.78 is 5.41. The van der Waals surface area contributed by atoms with Crippen molar-refractivity contribution in [1.82, 2.24) is 4.98 Å². The Morgan fingerprint density at radius 1 is 0.923 bits per heavy atom. The highest BCUT2D eigenvalue weighted by Crippen LogP contribution is 2.24. The normalized spacial score (nSPS) is 11.0. The Labute approximate surface area is 155 Å². The van der Waals surface area contributed by atoms with Crippen LogP contribution < -0.4 is 4.90 Å². The first kappa shape index (κ1) is 18.4. The second-order valence-corrected chi connectivity index (χ2v) is 6.26. The smallest absolute Gasteiger partial charge is 0.0709 e. The van der Waals surface area contributed by atoms with Crippen LogP contribution in [-0.2, 0) is 4.74 Å². The van der Waals surface area contributed by atoms with E-state index in [1.165, 1.54) is 5.69 Å². The standard InChI is InChI=1S/C22H26N2O2/c1-2-13-24(14-16-26-17-15-25)20-10-7-19(8-11-20)22-12-9-18-5-3-4-6-21(18)23-22/h3-12,25H,2,13-17H2,1H3. The van der Waals surface area contributed by atoms with Crippen molar-refractivity contribution < 1.29 is 9.84 Å². The minimum Gasteiger partial charge on any atom is -0.394 e. The van der Waals surface area contributed by atoms with Crippen molar-refractivity contribution in [2.45, 2.75) is 13.3 Å². The van der Waals surface area contributed by atoms with E-state index in [9.17, 15) is 0 Å². The van der Waals surface area contributed by atoms with Crippen molar-refractivity contribution in [2.24, 2.45) is 0 Å². The van der Waals surface area contributed by atoms with Crippen molar-refractivity contribution in [1.29, 1.82) is 0 Å². The SMILES string of the molecule is CCCN(CCOCCO)c1ccc(-c2ccc3ccccc3n2)cc1. The number of aromatic nitrogens is 1. The zero-order valence-electron chi connectivity index (χ0n) is 15.3. The summed E-state index contributed by atoms with van der Waals surface area (Å²) in [6.07, 6.45) is 1.08. The summed E-state index contributed by atoms with van der Waals surface area (Å²) in [7, 11) is 0. The number of ether oxygens (including phenoxy) is 1. The molecule has 136 valence electrons. The second-order valence-electron chi connectivity index (χ2n) is 6.26. The van der Waals surface area contributed by atoms with E-state index in [-0.39, 0.29) is 6.61 Å². The fourth-order valence-electron chi connectivity index (χ4n) is 3.05. The fourth-order valence-corrected chi connectivity index (χ4v) is 3.05. The van der Waals surface area contributed by atoms with Gasteiger partial charge in [-0.3, -0.25) is 0 Å². The van der Waals surface area contributed by atoms with Crippen molar-refractivity contribution >= 4 is 16.6 Å². The molecular formula is C22H26N2O2. The van der Waals surface area contributed by atoms with Gasteiger partial charge in [0.15, 0.2) is 0 Å². The molecule has 1 N–H and O–H groups in total. The van der Waals surface area contributed by atoms with Gasteiger partial charge in [0.2, 0.25) is 0 Å². The Hall–Kier alpha value is -2.43. The zero-order chi connectivity index (χ0) is 18.2. The monoisotopic (exact) mass is 350 g/mol. The predicted molar refractivity (Wildman–Crippen MR) is 108 cm³/mol. The van der Waals surface area contributed by atoms with Gasteiger partial charge in [-0.1, -0.05) is 43.3 Å². The number of rotatable bonds is 9. The number of hydrogen-bond acceptors (Lipinski definition) is 4. The van der Waals surface area contributed by atoms with Gasteiger partial charge < -0.3 is 14.7 Å². The van der Waals surface area contributed by atoms with Crippen molar-refractivity contribution in [3.8, 4) is 11.3 Å². The quantitative estimate of drug-likeness (QED) is 0.590. The number of pyridine rings is 1. The molecule has 1 heterocycles. The molecular weight excluding hydrogens is 324 g/mol. The molecule has 4 nitrogen and oxygen atoms in total. The largest absolute Gasteiger partial charge is 0.394 e. The van der Waals surface area contributed by atoms with E-state index in [2.05, 4.69) is 54.3 Å². The summed E-state index contributed by atoms with van der Waals surface area (Å²) in [4.78, 5) is 7.08. The van der Waals surface area contributed by atoms with Gasteiger partial charge in [0, 0.05) is 29.7 Å². The van der Waals surface area contributed by atoms with Crippen LogP contribution in [0.1, 0.15) is 13.3 Å². The van der Waals surface area contributed by atoms with Crippen LogP contribution in [0.2, 0.25) is 0 Å². The van der Waals surface area contributed by atoms with Crippen LogP contribution in [0.3, 0.4) is 0 Å². The van der Waals surface area contributed by atoms with E-state index in [1.807, 2.05) is 18.2 Å². The molecule has 0 atom stereocenters. The van der Waals surface area contributed by atoms with E-state index in [4.69, 9.17) is 14.8 Å². The molecule has 3 rings (SSSR count). The molecule has 0 saturated heterocycles. The first-order valence-corrected chi connectivity index (χ1v) is 9.21. The molecule has 0 amide bonds. The Morgan fingerprint density at radius 3 is 2.50 bits per heavy atom. The van der Waals surface area contributed by atoms with Crippen LogP contribution in [-0.4, -0.2) is 43.0 Å². The number of anilines is 1. The van der Waals surface area contributed by atoms with Gasteiger partial charge in [0.25, 0.3) is 0 Å². The van der Waals surface area contributed by atoms with Gasteiger partial charge in [0.05, 0.1) is 31.0 Å². The van der Waals surface area contributed by atoms with Crippen molar-refractivity contribution in [3.63, 3.8) is 0 Å². The number of para-hydroxylation sites is 1. The third-order valence-corrected chi connectivity index (χ3v) is 4.36. The molecule has 0 radical (unpaired) electrons. The van der Waals surface area contributed by atoms with Gasteiger partial charge >= 0.3 is 0 Å². The molecule has 1 aromatic heterocycles. The molecule has 0 saturated carbocycles. The maximum atomic E-state index is 8.81. The van der Waals surface area contributed by atoms with Crippen LogP contribution in [0.15, 0.2) is 60.7 Å². The molecule has 0 aliphatic carbocycles. The molecule has 0 unspecified atom stereocenters. The van der Waals surface area contributed by atoms with Crippen LogP contribution in [0, 0.1) is 0 Å². The number of aliphatic hydroxyl groups excluding tert-OH is 1.